The molecule has 92 valence electrons. The summed E-state index contributed by atoms with van der Waals surface area (Å²) in [7, 11) is 0. The SMILES string of the molecule is CC(=O)N1C[C@H](C(F)(F)F)OC[C@H]1C(=O)O. The molecule has 0 saturated carbocycles. The van der Waals surface area contributed by atoms with Gasteiger partial charge >= 0.3 is 12.1 Å². The number of hydrogen-bond acceptors (Lipinski definition) is 3. The highest BCUT2D eigenvalue weighted by atomic mass is 19.4. The zero-order chi connectivity index (χ0) is 12.5. The first-order valence-electron chi connectivity index (χ1n) is 4.42. The Balaban J connectivity index is 2.81. The topological polar surface area (TPSA) is 66.8 Å². The van der Waals surface area contributed by atoms with Crippen LogP contribution in [-0.4, -0.2) is 53.4 Å². The lowest BCUT2D eigenvalue weighted by Crippen LogP contribution is -2.58. The second-order valence-electron chi connectivity index (χ2n) is 3.39. The minimum atomic E-state index is -4.60. The molecule has 1 heterocycles. The van der Waals surface area contributed by atoms with E-state index in [9.17, 15) is 22.8 Å². The number of amides is 1. The zero-order valence-corrected chi connectivity index (χ0v) is 8.32. The second kappa shape index (κ2) is 4.28. The van der Waals surface area contributed by atoms with Gasteiger partial charge in [-0.1, -0.05) is 0 Å². The molecule has 2 atom stereocenters. The van der Waals surface area contributed by atoms with Gasteiger partial charge in [-0.3, -0.25) is 4.79 Å². The van der Waals surface area contributed by atoms with E-state index in [1.165, 1.54) is 0 Å². The van der Waals surface area contributed by atoms with Crippen molar-refractivity contribution >= 4 is 11.9 Å². The van der Waals surface area contributed by atoms with Gasteiger partial charge in [0.25, 0.3) is 0 Å². The quantitative estimate of drug-likeness (QED) is 0.714. The number of alkyl halides is 3. The Hall–Kier alpha value is -1.31. The zero-order valence-electron chi connectivity index (χ0n) is 8.32. The molecule has 1 aliphatic heterocycles. The summed E-state index contributed by atoms with van der Waals surface area (Å²) in [5.74, 6) is -2.10. The van der Waals surface area contributed by atoms with Crippen LogP contribution in [0.25, 0.3) is 0 Å². The van der Waals surface area contributed by atoms with E-state index >= 15 is 0 Å². The van der Waals surface area contributed by atoms with E-state index in [0.29, 0.717) is 4.90 Å². The molecule has 0 aromatic heterocycles. The average Bonchev–Trinajstić information content (AvgIpc) is 2.15. The van der Waals surface area contributed by atoms with E-state index in [4.69, 9.17) is 5.11 Å². The van der Waals surface area contributed by atoms with E-state index in [1.807, 2.05) is 0 Å². The van der Waals surface area contributed by atoms with Gasteiger partial charge in [-0.25, -0.2) is 4.79 Å². The Labute approximate surface area is 88.8 Å². The highest BCUT2D eigenvalue weighted by molar-refractivity contribution is 5.82. The number of carbonyl (C=O) groups is 2. The van der Waals surface area contributed by atoms with Gasteiger partial charge in [0.1, 0.15) is 0 Å². The van der Waals surface area contributed by atoms with Crippen LogP contribution in [0.5, 0.6) is 0 Å². The van der Waals surface area contributed by atoms with Gasteiger partial charge in [-0.2, -0.15) is 13.2 Å². The molecule has 1 aliphatic rings. The molecule has 0 aromatic carbocycles. The van der Waals surface area contributed by atoms with E-state index in [1.54, 1.807) is 0 Å². The molecule has 0 unspecified atom stereocenters. The number of nitrogens with zero attached hydrogens (tertiary/aromatic N) is 1. The summed E-state index contributed by atoms with van der Waals surface area (Å²) in [5.41, 5.74) is 0. The number of ether oxygens (including phenoxy) is 1. The van der Waals surface area contributed by atoms with Crippen LogP contribution in [-0.2, 0) is 14.3 Å². The third-order valence-corrected chi connectivity index (χ3v) is 2.25. The standard InChI is InChI=1S/C8H10F3NO4/c1-4(13)12-2-6(8(9,10)11)16-3-5(12)7(14)15/h5-6H,2-3H2,1H3,(H,14,15)/t5-,6+/m0/s1. The van der Waals surface area contributed by atoms with Crippen LogP contribution >= 0.6 is 0 Å². The highest BCUT2D eigenvalue weighted by Gasteiger charge is 2.47. The first-order valence-corrected chi connectivity index (χ1v) is 4.42. The van der Waals surface area contributed by atoms with Gasteiger partial charge in [-0.15, -0.1) is 0 Å². The maximum absolute atomic E-state index is 12.3. The van der Waals surface area contributed by atoms with Gasteiger partial charge < -0.3 is 14.7 Å². The van der Waals surface area contributed by atoms with E-state index in [-0.39, 0.29) is 0 Å². The first-order chi connectivity index (χ1) is 7.23. The number of hydrogen-bond donors (Lipinski definition) is 1. The van der Waals surface area contributed by atoms with Gasteiger partial charge in [0, 0.05) is 6.92 Å². The molecule has 5 nitrogen and oxygen atoms in total. The summed E-state index contributed by atoms with van der Waals surface area (Å²) < 4.78 is 41.3. The summed E-state index contributed by atoms with van der Waals surface area (Å²) in [6, 6.07) is -1.35. The van der Waals surface area contributed by atoms with Crippen molar-refractivity contribution in [3.63, 3.8) is 0 Å². The summed E-state index contributed by atoms with van der Waals surface area (Å²) >= 11 is 0. The van der Waals surface area contributed by atoms with Crippen LogP contribution in [0.2, 0.25) is 0 Å². The third-order valence-electron chi connectivity index (χ3n) is 2.25. The molecule has 0 aromatic rings. The molecule has 1 amide bonds. The van der Waals surface area contributed by atoms with E-state index in [2.05, 4.69) is 4.74 Å². The van der Waals surface area contributed by atoms with Gasteiger partial charge in [0.05, 0.1) is 13.2 Å². The molecule has 1 fully saturated rings. The molecular weight excluding hydrogens is 231 g/mol. The van der Waals surface area contributed by atoms with Crippen molar-refractivity contribution < 1.29 is 32.6 Å². The van der Waals surface area contributed by atoms with Crippen LogP contribution in [0.4, 0.5) is 13.2 Å². The Bertz CT molecular complexity index is 304. The van der Waals surface area contributed by atoms with Crippen molar-refractivity contribution in [1.29, 1.82) is 0 Å². The molecular formula is C8H10F3NO4. The van der Waals surface area contributed by atoms with Crippen molar-refractivity contribution in [3.05, 3.63) is 0 Å². The van der Waals surface area contributed by atoms with Crippen molar-refractivity contribution in [2.45, 2.75) is 25.2 Å². The van der Waals surface area contributed by atoms with E-state index < -0.39 is 43.4 Å². The summed E-state index contributed by atoms with van der Waals surface area (Å²) in [6.45, 7) is -0.413. The van der Waals surface area contributed by atoms with Crippen LogP contribution in [0.15, 0.2) is 0 Å². The first kappa shape index (κ1) is 12.8. The third kappa shape index (κ3) is 2.63. The molecule has 0 aliphatic carbocycles. The number of carboxylic acids is 1. The van der Waals surface area contributed by atoms with Gasteiger partial charge in [0.2, 0.25) is 5.91 Å². The van der Waals surface area contributed by atoms with Crippen LogP contribution < -0.4 is 0 Å². The largest absolute Gasteiger partial charge is 0.480 e. The highest BCUT2D eigenvalue weighted by Crippen LogP contribution is 2.27. The number of carboxylic acid groups (broad SMARTS) is 1. The van der Waals surface area contributed by atoms with Crippen molar-refractivity contribution in [2.75, 3.05) is 13.2 Å². The Morgan fingerprint density at radius 1 is 1.44 bits per heavy atom. The second-order valence-corrected chi connectivity index (χ2v) is 3.39. The lowest BCUT2D eigenvalue weighted by Gasteiger charge is -2.37. The molecule has 0 bridgehead atoms. The molecule has 8 heteroatoms. The Morgan fingerprint density at radius 3 is 2.38 bits per heavy atom. The number of rotatable bonds is 1. The maximum atomic E-state index is 12.3. The fraction of sp³-hybridized carbons (Fsp3) is 0.750. The predicted octanol–water partition coefficient (Wildman–Crippen LogP) is 0.249. The summed E-state index contributed by atoms with van der Waals surface area (Å²) in [6.07, 6.45) is -6.72. The maximum Gasteiger partial charge on any atom is 0.416 e. The normalized spacial score (nSPS) is 26.6. The fourth-order valence-electron chi connectivity index (χ4n) is 1.41. The molecule has 16 heavy (non-hydrogen) atoms. The molecule has 1 N–H and O–H groups in total. The van der Waals surface area contributed by atoms with Crippen LogP contribution in [0.3, 0.4) is 0 Å². The van der Waals surface area contributed by atoms with Gasteiger partial charge in [0.15, 0.2) is 12.1 Å². The smallest absolute Gasteiger partial charge is 0.416 e. The lowest BCUT2D eigenvalue weighted by molar-refractivity contribution is -0.243. The number of aliphatic carboxylic acids is 1. The molecule has 0 radical (unpaired) electrons. The number of halogens is 3. The Kier molecular flexibility index (Phi) is 3.41. The molecule has 1 saturated heterocycles. The predicted molar refractivity (Wildman–Crippen MR) is 44.6 cm³/mol. The Morgan fingerprint density at radius 2 is 2.00 bits per heavy atom. The molecule has 0 spiro atoms. The number of carbonyl (C=O) groups excluding carboxylic acids is 1. The van der Waals surface area contributed by atoms with Crippen LogP contribution in [0, 0.1) is 0 Å². The summed E-state index contributed by atoms with van der Waals surface area (Å²) in [5, 5.41) is 8.69. The minimum absolute atomic E-state index is 0.654. The van der Waals surface area contributed by atoms with Crippen molar-refractivity contribution in [2.24, 2.45) is 0 Å². The van der Waals surface area contributed by atoms with Crippen molar-refractivity contribution in [3.8, 4) is 0 Å². The van der Waals surface area contributed by atoms with E-state index in [0.717, 1.165) is 6.92 Å². The van der Waals surface area contributed by atoms with Crippen molar-refractivity contribution in [1.82, 2.24) is 4.90 Å². The summed E-state index contributed by atoms with van der Waals surface area (Å²) in [4.78, 5) is 22.4. The van der Waals surface area contributed by atoms with Gasteiger partial charge in [-0.05, 0) is 0 Å². The van der Waals surface area contributed by atoms with Crippen LogP contribution in [0.1, 0.15) is 6.92 Å². The number of morpholine rings is 1. The minimum Gasteiger partial charge on any atom is -0.480 e. The molecule has 1 rings (SSSR count). The fourth-order valence-corrected chi connectivity index (χ4v) is 1.41. The monoisotopic (exact) mass is 241 g/mol. The lowest BCUT2D eigenvalue weighted by atomic mass is 10.1. The average molecular weight is 241 g/mol.